The lowest BCUT2D eigenvalue weighted by molar-refractivity contribution is -0.139. The third-order valence-electron chi connectivity index (χ3n) is 3.09. The van der Waals surface area contributed by atoms with Gasteiger partial charge >= 0.3 is 6.18 Å². The molecule has 8 heteroatoms. The molecule has 0 atom stereocenters. The molecular weight excluding hydrogens is 325 g/mol. The Morgan fingerprint density at radius 2 is 1.88 bits per heavy atom. The minimum atomic E-state index is -4.76. The van der Waals surface area contributed by atoms with Crippen LogP contribution in [0.3, 0.4) is 0 Å². The maximum atomic E-state index is 12.7. The number of aromatic nitrogens is 1. The molecule has 1 aromatic heterocycles. The van der Waals surface area contributed by atoms with E-state index in [0.717, 1.165) is 12.3 Å². The van der Waals surface area contributed by atoms with Gasteiger partial charge in [-0.3, -0.25) is 9.59 Å². The van der Waals surface area contributed by atoms with Crippen molar-refractivity contribution in [2.24, 2.45) is 0 Å². The van der Waals surface area contributed by atoms with Gasteiger partial charge < -0.3 is 14.6 Å². The zero-order valence-electron chi connectivity index (χ0n) is 12.8. The van der Waals surface area contributed by atoms with Crippen LogP contribution in [0.2, 0.25) is 0 Å². The standard InChI is InChI=1S/C16H15F3N2O3/c1-2-24-12-7-5-11(6-8-12)20-14(22)10-21-9-3-4-13(15(21)23)16(17,18)19/h3-9H,2,10H2,1H3,(H,20,22). The van der Waals surface area contributed by atoms with Crippen LogP contribution in [-0.2, 0) is 17.5 Å². The van der Waals surface area contributed by atoms with E-state index >= 15 is 0 Å². The molecule has 0 radical (unpaired) electrons. The van der Waals surface area contributed by atoms with E-state index < -0.39 is 29.8 Å². The van der Waals surface area contributed by atoms with Crippen LogP contribution in [0.1, 0.15) is 12.5 Å². The lowest BCUT2D eigenvalue weighted by Crippen LogP contribution is -2.31. The summed E-state index contributed by atoms with van der Waals surface area (Å²) in [4.78, 5) is 23.7. The molecule has 2 rings (SSSR count). The van der Waals surface area contributed by atoms with E-state index in [4.69, 9.17) is 4.74 Å². The number of benzene rings is 1. The third-order valence-corrected chi connectivity index (χ3v) is 3.09. The largest absolute Gasteiger partial charge is 0.494 e. The highest BCUT2D eigenvalue weighted by atomic mass is 19.4. The number of hydrogen-bond donors (Lipinski definition) is 1. The van der Waals surface area contributed by atoms with Crippen molar-refractivity contribution in [2.75, 3.05) is 11.9 Å². The molecule has 5 nitrogen and oxygen atoms in total. The van der Waals surface area contributed by atoms with Crippen LogP contribution in [0.5, 0.6) is 5.75 Å². The first-order chi connectivity index (χ1) is 11.3. The zero-order valence-corrected chi connectivity index (χ0v) is 12.8. The highest BCUT2D eigenvalue weighted by molar-refractivity contribution is 5.90. The fourth-order valence-corrected chi connectivity index (χ4v) is 2.03. The van der Waals surface area contributed by atoms with Crippen LogP contribution < -0.4 is 15.6 Å². The first-order valence-electron chi connectivity index (χ1n) is 7.10. The lowest BCUT2D eigenvalue weighted by Gasteiger charge is -2.11. The number of hydrogen-bond acceptors (Lipinski definition) is 3. The number of amides is 1. The number of carbonyl (C=O) groups is 1. The molecule has 2 aromatic rings. The number of pyridine rings is 1. The molecule has 24 heavy (non-hydrogen) atoms. The Morgan fingerprint density at radius 1 is 1.21 bits per heavy atom. The quantitative estimate of drug-likeness (QED) is 0.910. The molecule has 0 aliphatic rings. The van der Waals surface area contributed by atoms with E-state index in [1.165, 1.54) is 0 Å². The number of ether oxygens (including phenoxy) is 1. The minimum absolute atomic E-state index is 0.448. The predicted molar refractivity (Wildman–Crippen MR) is 81.9 cm³/mol. The normalized spacial score (nSPS) is 11.2. The third kappa shape index (κ3) is 4.37. The Labute approximate surface area is 135 Å². The fourth-order valence-electron chi connectivity index (χ4n) is 2.03. The number of alkyl halides is 3. The van der Waals surface area contributed by atoms with Crippen LogP contribution in [0.4, 0.5) is 18.9 Å². The highest BCUT2D eigenvalue weighted by Crippen LogP contribution is 2.26. The zero-order chi connectivity index (χ0) is 17.7. The molecule has 1 amide bonds. The van der Waals surface area contributed by atoms with E-state index in [0.29, 0.717) is 28.7 Å². The summed E-state index contributed by atoms with van der Waals surface area (Å²) in [5.74, 6) is 0.0187. The second-order valence-corrected chi connectivity index (χ2v) is 4.86. The van der Waals surface area contributed by atoms with Gasteiger partial charge in [0.1, 0.15) is 17.9 Å². The molecule has 0 aliphatic heterocycles. The van der Waals surface area contributed by atoms with Crippen LogP contribution in [0.15, 0.2) is 47.4 Å². The van der Waals surface area contributed by atoms with Gasteiger partial charge in [-0.15, -0.1) is 0 Å². The van der Waals surface area contributed by atoms with Crippen molar-refractivity contribution in [3.05, 3.63) is 58.5 Å². The van der Waals surface area contributed by atoms with Crippen LogP contribution in [-0.4, -0.2) is 17.1 Å². The van der Waals surface area contributed by atoms with Crippen molar-refractivity contribution in [1.82, 2.24) is 4.57 Å². The number of nitrogens with zero attached hydrogens (tertiary/aromatic N) is 1. The summed E-state index contributed by atoms with van der Waals surface area (Å²) in [7, 11) is 0. The Balaban J connectivity index is 2.09. The molecule has 0 aliphatic carbocycles. The van der Waals surface area contributed by atoms with Crippen molar-refractivity contribution in [2.45, 2.75) is 19.6 Å². The van der Waals surface area contributed by atoms with Crippen LogP contribution in [0, 0.1) is 0 Å². The average molecular weight is 340 g/mol. The summed E-state index contributed by atoms with van der Waals surface area (Å²) in [6.45, 7) is 1.82. The van der Waals surface area contributed by atoms with Gasteiger partial charge in [0.2, 0.25) is 5.91 Å². The highest BCUT2D eigenvalue weighted by Gasteiger charge is 2.34. The van der Waals surface area contributed by atoms with E-state index in [-0.39, 0.29) is 0 Å². The summed E-state index contributed by atoms with van der Waals surface area (Å²) in [5.41, 5.74) is -2.12. The Kier molecular flexibility index (Phi) is 5.28. The first-order valence-corrected chi connectivity index (χ1v) is 7.10. The number of nitrogens with one attached hydrogen (secondary N) is 1. The first kappa shape index (κ1) is 17.6. The molecule has 1 aromatic carbocycles. The van der Waals surface area contributed by atoms with Gasteiger partial charge in [0.25, 0.3) is 5.56 Å². The van der Waals surface area contributed by atoms with Crippen LogP contribution >= 0.6 is 0 Å². The van der Waals surface area contributed by atoms with E-state index in [1.807, 2.05) is 6.92 Å². The van der Waals surface area contributed by atoms with Crippen molar-refractivity contribution < 1.29 is 22.7 Å². The van der Waals surface area contributed by atoms with Crippen molar-refractivity contribution in [3.63, 3.8) is 0 Å². The molecule has 0 bridgehead atoms. The van der Waals surface area contributed by atoms with Gasteiger partial charge in [-0.05, 0) is 43.3 Å². The molecule has 0 spiro atoms. The Morgan fingerprint density at radius 3 is 2.46 bits per heavy atom. The van der Waals surface area contributed by atoms with Gasteiger partial charge in [0.15, 0.2) is 0 Å². The van der Waals surface area contributed by atoms with E-state index in [9.17, 15) is 22.8 Å². The minimum Gasteiger partial charge on any atom is -0.494 e. The Hall–Kier alpha value is -2.77. The van der Waals surface area contributed by atoms with Gasteiger partial charge in [-0.1, -0.05) is 0 Å². The number of anilines is 1. The maximum Gasteiger partial charge on any atom is 0.421 e. The Bertz CT molecular complexity index is 767. The second kappa shape index (κ2) is 7.20. The molecule has 1 N–H and O–H groups in total. The van der Waals surface area contributed by atoms with Crippen LogP contribution in [0.25, 0.3) is 0 Å². The van der Waals surface area contributed by atoms with Crippen molar-refractivity contribution in [3.8, 4) is 5.75 Å². The summed E-state index contributed by atoms with van der Waals surface area (Å²) < 4.78 is 44.0. The summed E-state index contributed by atoms with van der Waals surface area (Å²) in [6, 6.07) is 8.25. The molecule has 1 heterocycles. The van der Waals surface area contributed by atoms with Crippen molar-refractivity contribution in [1.29, 1.82) is 0 Å². The summed E-state index contributed by atoms with van der Waals surface area (Å²) in [6.07, 6.45) is -3.62. The van der Waals surface area contributed by atoms with E-state index in [1.54, 1.807) is 24.3 Å². The monoisotopic (exact) mass is 340 g/mol. The number of halogens is 3. The molecule has 0 unspecified atom stereocenters. The lowest BCUT2D eigenvalue weighted by atomic mass is 10.2. The number of carbonyl (C=O) groups excluding carboxylic acids is 1. The predicted octanol–water partition coefficient (Wildman–Crippen LogP) is 2.90. The fraction of sp³-hybridized carbons (Fsp3) is 0.250. The smallest absolute Gasteiger partial charge is 0.421 e. The molecular formula is C16H15F3N2O3. The second-order valence-electron chi connectivity index (χ2n) is 4.86. The van der Waals surface area contributed by atoms with Gasteiger partial charge in [0, 0.05) is 11.9 Å². The number of rotatable bonds is 5. The van der Waals surface area contributed by atoms with Gasteiger partial charge in [-0.25, -0.2) is 0 Å². The van der Waals surface area contributed by atoms with Gasteiger partial charge in [-0.2, -0.15) is 13.2 Å². The van der Waals surface area contributed by atoms with Crippen molar-refractivity contribution >= 4 is 11.6 Å². The molecule has 128 valence electrons. The summed E-state index contributed by atoms with van der Waals surface area (Å²) in [5, 5.41) is 2.51. The molecule has 0 saturated carbocycles. The average Bonchev–Trinajstić information content (AvgIpc) is 2.50. The maximum absolute atomic E-state index is 12.7. The SMILES string of the molecule is CCOc1ccc(NC(=O)Cn2cccc(C(F)(F)F)c2=O)cc1. The molecule has 0 fully saturated rings. The summed E-state index contributed by atoms with van der Waals surface area (Å²) >= 11 is 0. The molecule has 0 saturated heterocycles. The van der Waals surface area contributed by atoms with E-state index in [2.05, 4.69) is 5.32 Å². The van der Waals surface area contributed by atoms with Gasteiger partial charge in [0.05, 0.1) is 6.61 Å². The topological polar surface area (TPSA) is 60.3 Å².